The van der Waals surface area contributed by atoms with Crippen LogP contribution in [0.15, 0.2) is 30.5 Å². The number of nitrogens with zero attached hydrogens (tertiary/aromatic N) is 3. The second kappa shape index (κ2) is 7.24. The van der Waals surface area contributed by atoms with Crippen molar-refractivity contribution in [3.8, 4) is 5.75 Å². The van der Waals surface area contributed by atoms with Crippen LogP contribution >= 0.6 is 35.4 Å². The molecule has 0 bridgehead atoms. The molecule has 1 saturated heterocycles. The van der Waals surface area contributed by atoms with Gasteiger partial charge in [-0.1, -0.05) is 23.2 Å². The fourth-order valence-electron chi connectivity index (χ4n) is 3.01. The van der Waals surface area contributed by atoms with E-state index >= 15 is 0 Å². The molecule has 2 aliphatic heterocycles. The maximum absolute atomic E-state index is 12.1. The van der Waals surface area contributed by atoms with E-state index in [2.05, 4.69) is 9.88 Å². The van der Waals surface area contributed by atoms with E-state index in [1.807, 2.05) is 7.05 Å². The highest BCUT2D eigenvalue weighted by Gasteiger charge is 2.29. The summed E-state index contributed by atoms with van der Waals surface area (Å²) in [4.78, 5) is 20.2. The predicted molar refractivity (Wildman–Crippen MR) is 107 cm³/mol. The van der Waals surface area contributed by atoms with Gasteiger partial charge in [0.1, 0.15) is 11.8 Å². The van der Waals surface area contributed by atoms with Crippen LogP contribution in [0.2, 0.25) is 10.0 Å². The molecule has 1 aromatic carbocycles. The summed E-state index contributed by atoms with van der Waals surface area (Å²) in [5.74, 6) is 0.0852. The third-order valence-electron chi connectivity index (χ3n) is 4.40. The topological polar surface area (TPSA) is 54.9 Å². The number of likely N-dealkylation sites (N-methyl/N-ethyl adjacent to an activating group) is 1. The molecule has 3 heterocycles. The summed E-state index contributed by atoms with van der Waals surface area (Å²) < 4.78 is 11.1. The number of benzene rings is 1. The van der Waals surface area contributed by atoms with Crippen LogP contribution in [0, 0.1) is 0 Å². The van der Waals surface area contributed by atoms with Crippen molar-refractivity contribution < 1.29 is 14.3 Å². The Morgan fingerprint density at radius 1 is 1.33 bits per heavy atom. The molecule has 6 nitrogen and oxygen atoms in total. The summed E-state index contributed by atoms with van der Waals surface area (Å²) in [6.45, 7) is 1.93. The van der Waals surface area contributed by atoms with E-state index in [0.717, 1.165) is 18.7 Å². The fraction of sp³-hybridized carbons (Fsp3) is 0.278. The number of carbonyl (C=O) groups excluding carboxylic acids is 1. The fourth-order valence-corrected chi connectivity index (χ4v) is 3.84. The van der Waals surface area contributed by atoms with Gasteiger partial charge in [-0.05, 0) is 43.5 Å². The number of esters is 1. The summed E-state index contributed by atoms with van der Waals surface area (Å²) in [7, 11) is 1.97. The number of rotatable bonds is 3. The Labute approximate surface area is 171 Å². The average Bonchev–Trinajstić information content (AvgIpc) is 2.61. The first-order valence-electron chi connectivity index (χ1n) is 8.23. The Balaban J connectivity index is 1.50. The van der Waals surface area contributed by atoms with Crippen molar-refractivity contribution in [1.82, 2.24) is 9.88 Å². The lowest BCUT2D eigenvalue weighted by Gasteiger charge is -2.35. The van der Waals surface area contributed by atoms with Crippen LogP contribution < -0.4 is 9.64 Å². The minimum Gasteiger partial charge on any atom is -0.455 e. The minimum atomic E-state index is -0.430. The van der Waals surface area contributed by atoms with Gasteiger partial charge in [0.25, 0.3) is 5.17 Å². The Kier molecular flexibility index (Phi) is 4.94. The standard InChI is InChI=1S/C18H15Cl2N3O3S/c1-22-8-13(9-22)25-17(24)15-3-2-12(6-21-15)23-7-10-4-11(19)5-14(20)16(10)26-18(23)27/h2-6,13H,7-9H2,1H3. The number of pyridine rings is 1. The van der Waals surface area contributed by atoms with Gasteiger partial charge in [-0.2, -0.15) is 0 Å². The number of hydrogen-bond acceptors (Lipinski definition) is 6. The number of aromatic nitrogens is 1. The highest BCUT2D eigenvalue weighted by molar-refractivity contribution is 7.80. The van der Waals surface area contributed by atoms with E-state index in [1.54, 1.807) is 35.4 Å². The zero-order valence-electron chi connectivity index (χ0n) is 14.3. The summed E-state index contributed by atoms with van der Waals surface area (Å²) in [5, 5.41) is 1.19. The number of fused-ring (bicyclic) bond motifs is 1. The number of likely N-dealkylation sites (tertiary alicyclic amines) is 1. The van der Waals surface area contributed by atoms with E-state index in [0.29, 0.717) is 28.0 Å². The van der Waals surface area contributed by atoms with Gasteiger partial charge >= 0.3 is 5.97 Å². The first-order valence-corrected chi connectivity index (χ1v) is 9.40. The van der Waals surface area contributed by atoms with E-state index in [9.17, 15) is 4.79 Å². The van der Waals surface area contributed by atoms with Crippen LogP contribution in [0.4, 0.5) is 5.69 Å². The van der Waals surface area contributed by atoms with Gasteiger partial charge in [-0.15, -0.1) is 0 Å². The van der Waals surface area contributed by atoms with E-state index in [-0.39, 0.29) is 17.0 Å². The lowest BCUT2D eigenvalue weighted by molar-refractivity contribution is -0.0216. The zero-order valence-corrected chi connectivity index (χ0v) is 16.6. The molecule has 140 valence electrons. The molecule has 0 spiro atoms. The normalized spacial score (nSPS) is 17.1. The molecule has 4 rings (SSSR count). The van der Waals surface area contributed by atoms with Crippen molar-refractivity contribution in [2.24, 2.45) is 0 Å². The molecule has 2 aliphatic rings. The number of anilines is 1. The Morgan fingerprint density at radius 3 is 2.78 bits per heavy atom. The summed E-state index contributed by atoms with van der Waals surface area (Å²) in [6, 6.07) is 6.76. The van der Waals surface area contributed by atoms with Gasteiger partial charge in [0.2, 0.25) is 0 Å². The number of ether oxygens (including phenoxy) is 2. The lowest BCUT2D eigenvalue weighted by Crippen LogP contribution is -2.50. The molecule has 9 heteroatoms. The molecule has 0 atom stereocenters. The van der Waals surface area contributed by atoms with Crippen LogP contribution in [-0.2, 0) is 11.3 Å². The highest BCUT2D eigenvalue weighted by atomic mass is 35.5. The Bertz CT molecular complexity index is 917. The molecule has 1 aromatic heterocycles. The van der Waals surface area contributed by atoms with Gasteiger partial charge in [-0.25, -0.2) is 9.78 Å². The average molecular weight is 424 g/mol. The molecular weight excluding hydrogens is 409 g/mol. The summed E-state index contributed by atoms with van der Waals surface area (Å²) in [5.41, 5.74) is 1.77. The molecule has 0 radical (unpaired) electrons. The predicted octanol–water partition coefficient (Wildman–Crippen LogP) is 3.54. The van der Waals surface area contributed by atoms with Gasteiger partial charge < -0.3 is 9.47 Å². The second-order valence-electron chi connectivity index (χ2n) is 6.48. The monoisotopic (exact) mass is 423 g/mol. The second-order valence-corrected chi connectivity index (χ2v) is 7.67. The summed E-state index contributed by atoms with van der Waals surface area (Å²) >= 11 is 17.6. The smallest absolute Gasteiger partial charge is 0.357 e. The van der Waals surface area contributed by atoms with Gasteiger partial charge in [0.05, 0.1) is 23.5 Å². The van der Waals surface area contributed by atoms with Crippen LogP contribution in [0.3, 0.4) is 0 Å². The van der Waals surface area contributed by atoms with Crippen molar-refractivity contribution >= 4 is 52.3 Å². The van der Waals surface area contributed by atoms with Crippen molar-refractivity contribution in [1.29, 1.82) is 0 Å². The number of hydrogen-bond donors (Lipinski definition) is 0. The Hall–Kier alpha value is -1.93. The van der Waals surface area contributed by atoms with Crippen molar-refractivity contribution in [2.75, 3.05) is 25.0 Å². The highest BCUT2D eigenvalue weighted by Crippen LogP contribution is 2.37. The maximum Gasteiger partial charge on any atom is 0.357 e. The molecule has 1 fully saturated rings. The number of halogens is 2. The molecule has 0 unspecified atom stereocenters. The van der Waals surface area contributed by atoms with Crippen LogP contribution in [0.25, 0.3) is 0 Å². The summed E-state index contributed by atoms with van der Waals surface area (Å²) in [6.07, 6.45) is 1.49. The SMILES string of the molecule is CN1CC(OC(=O)c2ccc(N3Cc4cc(Cl)cc(Cl)c4OC3=S)cn2)C1. The number of carbonyl (C=O) groups is 1. The molecule has 27 heavy (non-hydrogen) atoms. The van der Waals surface area contributed by atoms with E-state index in [4.69, 9.17) is 44.9 Å². The first kappa shape index (κ1) is 18.4. The van der Waals surface area contributed by atoms with E-state index < -0.39 is 5.97 Å². The maximum atomic E-state index is 12.1. The molecule has 2 aromatic rings. The van der Waals surface area contributed by atoms with Crippen molar-refractivity contribution in [2.45, 2.75) is 12.6 Å². The lowest BCUT2D eigenvalue weighted by atomic mass is 10.1. The molecular formula is C18H15Cl2N3O3S. The zero-order chi connectivity index (χ0) is 19.1. The van der Waals surface area contributed by atoms with Crippen LogP contribution in [0.5, 0.6) is 5.75 Å². The van der Waals surface area contributed by atoms with Crippen LogP contribution in [-0.4, -0.2) is 47.3 Å². The van der Waals surface area contributed by atoms with Crippen LogP contribution in [0.1, 0.15) is 16.1 Å². The van der Waals surface area contributed by atoms with Crippen molar-refractivity contribution in [3.63, 3.8) is 0 Å². The minimum absolute atomic E-state index is 0.0713. The van der Waals surface area contributed by atoms with Gasteiger partial charge in [-0.3, -0.25) is 9.80 Å². The molecule has 0 aliphatic carbocycles. The number of thiocarbonyl (C=S) groups is 1. The third-order valence-corrected chi connectivity index (χ3v) is 5.20. The quantitative estimate of drug-likeness (QED) is 0.552. The van der Waals surface area contributed by atoms with Crippen molar-refractivity contribution in [3.05, 3.63) is 51.8 Å². The molecule has 0 amide bonds. The van der Waals surface area contributed by atoms with Gasteiger partial charge in [0.15, 0.2) is 5.75 Å². The Morgan fingerprint density at radius 2 is 2.11 bits per heavy atom. The van der Waals surface area contributed by atoms with E-state index in [1.165, 1.54) is 0 Å². The first-order chi connectivity index (χ1) is 12.9. The molecule has 0 N–H and O–H groups in total. The largest absolute Gasteiger partial charge is 0.455 e. The third kappa shape index (κ3) is 3.73. The molecule has 0 saturated carbocycles. The van der Waals surface area contributed by atoms with Gasteiger partial charge in [0, 0.05) is 23.7 Å².